The number of carbonyl (C=O) groups excluding carboxylic acids is 1. The molecule has 0 saturated carbocycles. The van der Waals surface area contributed by atoms with Crippen molar-refractivity contribution in [2.24, 2.45) is 5.92 Å². The van der Waals surface area contributed by atoms with E-state index in [1.807, 2.05) is 13.8 Å². The van der Waals surface area contributed by atoms with Gasteiger partial charge in [-0.1, -0.05) is 19.9 Å². The number of aliphatic hydroxyl groups excluding tert-OH is 1. The number of nitro groups is 1. The van der Waals surface area contributed by atoms with Crippen molar-refractivity contribution >= 4 is 17.4 Å². The number of anilines is 1. The molecule has 0 unspecified atom stereocenters. The number of rotatable bonds is 6. The van der Waals surface area contributed by atoms with E-state index < -0.39 is 11.0 Å². The first-order valence-corrected chi connectivity index (χ1v) is 6.84. The van der Waals surface area contributed by atoms with Crippen molar-refractivity contribution in [3.63, 3.8) is 0 Å². The van der Waals surface area contributed by atoms with Gasteiger partial charge in [0.25, 0.3) is 5.69 Å². The summed E-state index contributed by atoms with van der Waals surface area (Å²) in [5.74, 6) is -0.0763. The van der Waals surface area contributed by atoms with Gasteiger partial charge in [-0.05, 0) is 25.3 Å². The fourth-order valence-electron chi connectivity index (χ4n) is 1.78. The minimum Gasteiger partial charge on any atom is -0.396 e. The third kappa shape index (κ3) is 4.71. The number of aryl methyl sites for hydroxylation is 1. The van der Waals surface area contributed by atoms with Crippen LogP contribution in [0, 0.1) is 16.0 Å². The SMILES string of the molecule is CCc1ccc(NC(=O)N[C@@H](C)[C@H](C)CO)cc1[N+](=O)[O-]. The first kappa shape index (κ1) is 16.9. The predicted octanol–water partition coefficient (Wildman–Crippen LogP) is 2.30. The molecule has 0 heterocycles. The number of amides is 2. The topological polar surface area (TPSA) is 104 Å². The van der Waals surface area contributed by atoms with Crippen LogP contribution in [0.25, 0.3) is 0 Å². The van der Waals surface area contributed by atoms with Crippen molar-refractivity contribution in [1.82, 2.24) is 5.32 Å². The Hall–Kier alpha value is -2.15. The Bertz CT molecular complexity index is 519. The average Bonchev–Trinajstić information content (AvgIpc) is 2.45. The van der Waals surface area contributed by atoms with Gasteiger partial charge < -0.3 is 15.7 Å². The normalized spacial score (nSPS) is 13.3. The lowest BCUT2D eigenvalue weighted by molar-refractivity contribution is -0.385. The van der Waals surface area contributed by atoms with Gasteiger partial charge in [-0.25, -0.2) is 4.79 Å². The number of nitrogens with zero attached hydrogens (tertiary/aromatic N) is 1. The predicted molar refractivity (Wildman–Crippen MR) is 80.3 cm³/mol. The fraction of sp³-hybridized carbons (Fsp3) is 0.500. The molecule has 7 heteroatoms. The molecule has 21 heavy (non-hydrogen) atoms. The van der Waals surface area contributed by atoms with E-state index >= 15 is 0 Å². The fourth-order valence-corrected chi connectivity index (χ4v) is 1.78. The van der Waals surface area contributed by atoms with E-state index in [9.17, 15) is 14.9 Å². The quantitative estimate of drug-likeness (QED) is 0.553. The van der Waals surface area contributed by atoms with Gasteiger partial charge >= 0.3 is 6.03 Å². The molecule has 2 atom stereocenters. The number of nitrogens with one attached hydrogen (secondary N) is 2. The van der Waals surface area contributed by atoms with E-state index in [-0.39, 0.29) is 24.3 Å². The maximum absolute atomic E-state index is 11.8. The number of nitro benzene ring substituents is 1. The van der Waals surface area contributed by atoms with E-state index in [2.05, 4.69) is 10.6 Å². The van der Waals surface area contributed by atoms with Crippen molar-refractivity contribution in [2.75, 3.05) is 11.9 Å². The van der Waals surface area contributed by atoms with Gasteiger partial charge in [-0.2, -0.15) is 0 Å². The van der Waals surface area contributed by atoms with Crippen LogP contribution in [-0.4, -0.2) is 28.7 Å². The Kier molecular flexibility index (Phi) is 6.10. The summed E-state index contributed by atoms with van der Waals surface area (Å²) in [6.07, 6.45) is 0.549. The van der Waals surface area contributed by atoms with Gasteiger partial charge in [0.2, 0.25) is 0 Å². The molecule has 0 aliphatic rings. The lowest BCUT2D eigenvalue weighted by Crippen LogP contribution is -2.40. The molecule has 0 aliphatic heterocycles. The Morgan fingerprint density at radius 1 is 1.43 bits per heavy atom. The summed E-state index contributed by atoms with van der Waals surface area (Å²) < 4.78 is 0. The molecule has 0 saturated heterocycles. The molecule has 3 N–H and O–H groups in total. The van der Waals surface area contributed by atoms with Gasteiger partial charge in [0.05, 0.1) is 4.92 Å². The summed E-state index contributed by atoms with van der Waals surface area (Å²) in [7, 11) is 0. The molecular weight excluding hydrogens is 274 g/mol. The number of benzene rings is 1. The van der Waals surface area contributed by atoms with Crippen LogP contribution in [-0.2, 0) is 6.42 Å². The second kappa shape index (κ2) is 7.58. The van der Waals surface area contributed by atoms with Crippen LogP contribution in [0.1, 0.15) is 26.3 Å². The lowest BCUT2D eigenvalue weighted by atomic mass is 10.1. The first-order valence-electron chi connectivity index (χ1n) is 6.84. The zero-order valence-electron chi connectivity index (χ0n) is 12.4. The zero-order valence-corrected chi connectivity index (χ0v) is 12.4. The summed E-state index contributed by atoms with van der Waals surface area (Å²) in [4.78, 5) is 22.3. The molecular formula is C14H21N3O4. The van der Waals surface area contributed by atoms with Gasteiger partial charge in [-0.15, -0.1) is 0 Å². The van der Waals surface area contributed by atoms with Crippen molar-refractivity contribution in [1.29, 1.82) is 0 Å². The summed E-state index contributed by atoms with van der Waals surface area (Å²) in [6.45, 7) is 5.40. The highest BCUT2D eigenvalue weighted by Gasteiger charge is 2.16. The molecule has 1 aromatic rings. The maximum Gasteiger partial charge on any atom is 0.319 e. The summed E-state index contributed by atoms with van der Waals surface area (Å²) >= 11 is 0. The number of aliphatic hydroxyl groups is 1. The van der Waals surface area contributed by atoms with E-state index in [1.54, 1.807) is 19.1 Å². The van der Waals surface area contributed by atoms with Crippen LogP contribution in [0.5, 0.6) is 0 Å². The molecule has 0 spiro atoms. The molecule has 116 valence electrons. The van der Waals surface area contributed by atoms with Gasteiger partial charge in [0.1, 0.15) is 0 Å². The van der Waals surface area contributed by atoms with Gasteiger partial charge in [0.15, 0.2) is 0 Å². The average molecular weight is 295 g/mol. The molecule has 7 nitrogen and oxygen atoms in total. The zero-order chi connectivity index (χ0) is 16.0. The minimum atomic E-state index is -0.460. The second-order valence-electron chi connectivity index (χ2n) is 5.00. The van der Waals surface area contributed by atoms with Crippen LogP contribution in [0.3, 0.4) is 0 Å². The monoisotopic (exact) mass is 295 g/mol. The minimum absolute atomic E-state index is 0.00734. The smallest absolute Gasteiger partial charge is 0.319 e. The van der Waals surface area contributed by atoms with Gasteiger partial charge in [0, 0.05) is 30.0 Å². The van der Waals surface area contributed by atoms with Crippen molar-refractivity contribution in [3.05, 3.63) is 33.9 Å². The number of hydrogen-bond donors (Lipinski definition) is 3. The summed E-state index contributed by atoms with van der Waals surface area (Å²) in [5.41, 5.74) is 0.973. The first-order chi connectivity index (χ1) is 9.88. The lowest BCUT2D eigenvalue weighted by Gasteiger charge is -2.19. The van der Waals surface area contributed by atoms with Crippen molar-refractivity contribution in [3.8, 4) is 0 Å². The molecule has 1 aromatic carbocycles. The van der Waals surface area contributed by atoms with Crippen LogP contribution in [0.2, 0.25) is 0 Å². The van der Waals surface area contributed by atoms with E-state index in [4.69, 9.17) is 5.11 Å². The van der Waals surface area contributed by atoms with Crippen LogP contribution < -0.4 is 10.6 Å². The molecule has 0 fully saturated rings. The summed E-state index contributed by atoms with van der Waals surface area (Å²) in [5, 5.41) is 25.2. The molecule has 1 rings (SSSR count). The van der Waals surface area contributed by atoms with Crippen LogP contribution in [0.15, 0.2) is 18.2 Å². The standard InChI is InChI=1S/C14H21N3O4/c1-4-11-5-6-12(7-13(11)17(20)21)16-14(19)15-10(3)9(2)8-18/h5-7,9-10,18H,4,8H2,1-3H3,(H2,15,16,19)/t9-,10+/m1/s1. The third-order valence-electron chi connectivity index (χ3n) is 3.42. The van der Waals surface area contributed by atoms with E-state index in [1.165, 1.54) is 6.07 Å². The number of hydrogen-bond acceptors (Lipinski definition) is 4. The van der Waals surface area contributed by atoms with Crippen LogP contribution in [0.4, 0.5) is 16.2 Å². The highest BCUT2D eigenvalue weighted by Crippen LogP contribution is 2.23. The maximum atomic E-state index is 11.8. The Morgan fingerprint density at radius 2 is 2.10 bits per heavy atom. The van der Waals surface area contributed by atoms with Crippen LogP contribution >= 0.6 is 0 Å². The number of urea groups is 1. The van der Waals surface area contributed by atoms with E-state index in [0.717, 1.165) is 0 Å². The molecule has 0 aromatic heterocycles. The summed E-state index contributed by atoms with van der Waals surface area (Å²) in [6, 6.07) is 3.94. The van der Waals surface area contributed by atoms with E-state index in [0.29, 0.717) is 17.7 Å². The molecule has 0 radical (unpaired) electrons. The molecule has 0 bridgehead atoms. The van der Waals surface area contributed by atoms with Gasteiger partial charge in [-0.3, -0.25) is 10.1 Å². The second-order valence-corrected chi connectivity index (χ2v) is 5.00. The van der Waals surface area contributed by atoms with Crippen molar-refractivity contribution < 1.29 is 14.8 Å². The van der Waals surface area contributed by atoms with Crippen molar-refractivity contribution in [2.45, 2.75) is 33.2 Å². The number of carbonyl (C=O) groups is 1. The largest absolute Gasteiger partial charge is 0.396 e. The Balaban J connectivity index is 2.77. The highest BCUT2D eigenvalue weighted by atomic mass is 16.6. The third-order valence-corrected chi connectivity index (χ3v) is 3.42. The Labute approximate surface area is 123 Å². The Morgan fingerprint density at radius 3 is 2.62 bits per heavy atom. The highest BCUT2D eigenvalue weighted by molar-refractivity contribution is 5.89. The molecule has 0 aliphatic carbocycles. The molecule has 2 amide bonds.